The number of fused-ring (bicyclic) bond motifs is 2. The van der Waals surface area contributed by atoms with Gasteiger partial charge in [-0.3, -0.25) is 4.39 Å². The molecule has 0 amide bonds. The van der Waals surface area contributed by atoms with Gasteiger partial charge in [-0.1, -0.05) is 23.8 Å². The molecule has 1 nitrogen and oxygen atoms in total. The van der Waals surface area contributed by atoms with Crippen molar-refractivity contribution < 1.29 is 33.3 Å². The first-order chi connectivity index (χ1) is 9.59. The maximum absolute atomic E-state index is 14.6. The van der Waals surface area contributed by atoms with E-state index < -0.39 is 11.7 Å². The van der Waals surface area contributed by atoms with E-state index in [-0.39, 0.29) is 36.8 Å². The number of benzene rings is 2. The number of nitrogens with zero attached hydrogens (tertiary/aromatic N) is 1. The third kappa shape index (κ3) is 1.84. The Balaban J connectivity index is 0.00000132. The van der Waals surface area contributed by atoms with Gasteiger partial charge in [0.25, 0.3) is 5.92 Å². The van der Waals surface area contributed by atoms with E-state index in [0.717, 1.165) is 12.1 Å². The first-order valence-corrected chi connectivity index (χ1v) is 6.07. The van der Waals surface area contributed by atoms with E-state index in [1.54, 1.807) is 24.4 Å². The second-order valence-corrected chi connectivity index (χ2v) is 4.74. The van der Waals surface area contributed by atoms with Gasteiger partial charge in [0.15, 0.2) is 0 Å². The Labute approximate surface area is 132 Å². The first-order valence-electron chi connectivity index (χ1n) is 6.07. The van der Waals surface area contributed by atoms with E-state index >= 15 is 0 Å². The van der Waals surface area contributed by atoms with Crippen LogP contribution >= 0.6 is 0 Å². The fourth-order valence-corrected chi connectivity index (χ4v) is 2.74. The molecule has 0 saturated carbocycles. The van der Waals surface area contributed by atoms with E-state index in [1.807, 2.05) is 0 Å². The molecule has 3 aromatic rings. The summed E-state index contributed by atoms with van der Waals surface area (Å²) in [7, 11) is 0. The Bertz CT molecular complexity index is 856. The Morgan fingerprint density at radius 1 is 1.10 bits per heavy atom. The Morgan fingerprint density at radius 3 is 2.71 bits per heavy atom. The van der Waals surface area contributed by atoms with Crippen molar-refractivity contribution in [1.29, 1.82) is 0 Å². The van der Waals surface area contributed by atoms with Crippen LogP contribution in [0.2, 0.25) is 0 Å². The normalized spacial score (nSPS) is 14.4. The van der Waals surface area contributed by atoms with Crippen molar-refractivity contribution in [3.8, 4) is 11.3 Å². The summed E-state index contributed by atoms with van der Waals surface area (Å²) < 4.78 is 42.6. The summed E-state index contributed by atoms with van der Waals surface area (Å²) in [5, 5.41) is 1.10. The number of hydrogen-bond donors (Lipinski definition) is 0. The summed E-state index contributed by atoms with van der Waals surface area (Å²) >= 11 is 0. The van der Waals surface area contributed by atoms with Gasteiger partial charge in [0.05, 0.1) is 0 Å². The molecule has 0 saturated heterocycles. The standard InChI is InChI=1S/C16H7F3N.Ir/c17-10-4-5-11-13(8-10)16(18,19)12-3-1-2-9-6-7-20-15(11)14(9)12;/h1-4,6-8H;/q-1;. The van der Waals surface area contributed by atoms with Crippen LogP contribution in [-0.2, 0) is 26.0 Å². The first kappa shape index (κ1) is 14.2. The third-order valence-corrected chi connectivity index (χ3v) is 3.61. The van der Waals surface area contributed by atoms with Crippen LogP contribution in [0.15, 0.2) is 42.6 Å². The van der Waals surface area contributed by atoms with E-state index in [0.29, 0.717) is 16.5 Å². The maximum atomic E-state index is 14.6. The minimum absolute atomic E-state index is 0. The van der Waals surface area contributed by atoms with Crippen molar-refractivity contribution in [2.75, 3.05) is 0 Å². The van der Waals surface area contributed by atoms with Gasteiger partial charge in [0, 0.05) is 37.7 Å². The average Bonchev–Trinajstić information content (AvgIpc) is 2.45. The summed E-state index contributed by atoms with van der Waals surface area (Å²) in [5.74, 6) is -3.97. The molecule has 107 valence electrons. The zero-order valence-corrected chi connectivity index (χ0v) is 12.9. The molecule has 1 heterocycles. The molecule has 21 heavy (non-hydrogen) atoms. The number of halogens is 3. The number of pyridine rings is 1. The average molecular weight is 462 g/mol. The van der Waals surface area contributed by atoms with Crippen LogP contribution in [0.4, 0.5) is 13.2 Å². The molecular weight excluding hydrogens is 455 g/mol. The molecule has 0 spiro atoms. The topological polar surface area (TPSA) is 12.9 Å². The molecule has 0 N–H and O–H groups in total. The van der Waals surface area contributed by atoms with Crippen molar-refractivity contribution >= 4 is 10.8 Å². The van der Waals surface area contributed by atoms with Gasteiger partial charge < -0.3 is 4.98 Å². The SMILES string of the molecule is Fc1c[c-]c2c(c1)C(F)(F)c1cccc3ccnc-2c13.[Ir]. The smallest absolute Gasteiger partial charge is 0.267 e. The van der Waals surface area contributed by atoms with Gasteiger partial charge in [-0.2, -0.15) is 0 Å². The van der Waals surface area contributed by atoms with Gasteiger partial charge in [0.2, 0.25) is 0 Å². The molecule has 1 aliphatic rings. The molecule has 4 rings (SSSR count). The number of rotatable bonds is 0. The molecular formula is C16H7F3IrN-. The molecule has 0 bridgehead atoms. The van der Waals surface area contributed by atoms with Crippen LogP contribution in [0, 0.1) is 11.9 Å². The minimum atomic E-state index is -3.25. The summed E-state index contributed by atoms with van der Waals surface area (Å²) in [5.41, 5.74) is 0.0838. The van der Waals surface area contributed by atoms with Crippen LogP contribution in [0.3, 0.4) is 0 Å². The molecule has 1 radical (unpaired) electrons. The molecule has 5 heteroatoms. The van der Waals surface area contributed by atoms with Gasteiger partial charge in [0.1, 0.15) is 0 Å². The summed E-state index contributed by atoms with van der Waals surface area (Å²) in [6.45, 7) is 0. The third-order valence-electron chi connectivity index (χ3n) is 3.61. The second-order valence-electron chi connectivity index (χ2n) is 4.74. The fourth-order valence-electron chi connectivity index (χ4n) is 2.74. The van der Waals surface area contributed by atoms with Crippen molar-refractivity contribution in [2.24, 2.45) is 0 Å². The summed E-state index contributed by atoms with van der Waals surface area (Å²) in [6.07, 6.45) is 1.56. The zero-order chi connectivity index (χ0) is 13.9. The quantitative estimate of drug-likeness (QED) is 0.455. The molecule has 0 unspecified atom stereocenters. The van der Waals surface area contributed by atoms with E-state index in [4.69, 9.17) is 0 Å². The van der Waals surface area contributed by atoms with Gasteiger partial charge >= 0.3 is 0 Å². The van der Waals surface area contributed by atoms with Crippen LogP contribution in [0.5, 0.6) is 0 Å². The second kappa shape index (κ2) is 4.65. The van der Waals surface area contributed by atoms with E-state index in [2.05, 4.69) is 11.1 Å². The predicted octanol–water partition coefficient (Wildman–Crippen LogP) is 4.29. The number of aromatic nitrogens is 1. The molecule has 0 fully saturated rings. The number of alkyl halides is 2. The maximum Gasteiger partial charge on any atom is 0.267 e. The molecule has 2 aromatic carbocycles. The zero-order valence-electron chi connectivity index (χ0n) is 10.5. The minimum Gasteiger partial charge on any atom is -0.304 e. The van der Waals surface area contributed by atoms with Gasteiger partial charge in [-0.25, -0.2) is 8.78 Å². The van der Waals surface area contributed by atoms with Crippen LogP contribution < -0.4 is 0 Å². The summed E-state index contributed by atoms with van der Waals surface area (Å²) in [4.78, 5) is 4.19. The van der Waals surface area contributed by atoms with Gasteiger partial charge in [-0.05, 0) is 22.5 Å². The van der Waals surface area contributed by atoms with Crippen LogP contribution in [0.25, 0.3) is 22.0 Å². The largest absolute Gasteiger partial charge is 0.304 e. The van der Waals surface area contributed by atoms with Crippen molar-refractivity contribution in [3.63, 3.8) is 0 Å². The van der Waals surface area contributed by atoms with Crippen molar-refractivity contribution in [2.45, 2.75) is 5.92 Å². The Morgan fingerprint density at radius 2 is 1.90 bits per heavy atom. The van der Waals surface area contributed by atoms with E-state index in [9.17, 15) is 13.2 Å². The van der Waals surface area contributed by atoms with E-state index in [1.165, 1.54) is 6.07 Å². The molecule has 0 aliphatic heterocycles. The van der Waals surface area contributed by atoms with Crippen molar-refractivity contribution in [1.82, 2.24) is 4.98 Å². The van der Waals surface area contributed by atoms with Crippen LogP contribution in [-0.4, -0.2) is 4.98 Å². The van der Waals surface area contributed by atoms with Gasteiger partial charge in [-0.15, -0.1) is 23.8 Å². The number of hydrogen-bond acceptors (Lipinski definition) is 1. The molecule has 1 aliphatic carbocycles. The molecule has 0 atom stereocenters. The summed E-state index contributed by atoms with van der Waals surface area (Å²) in [6, 6.07) is 10.9. The van der Waals surface area contributed by atoms with Crippen LogP contribution in [0.1, 0.15) is 11.1 Å². The Hall–Kier alpha value is -1.71. The monoisotopic (exact) mass is 463 g/mol. The predicted molar refractivity (Wildman–Crippen MR) is 69.0 cm³/mol. The van der Waals surface area contributed by atoms with Crippen molar-refractivity contribution in [3.05, 3.63) is 65.6 Å². The Kier molecular flexibility index (Phi) is 3.15. The molecule has 1 aromatic heterocycles. The fraction of sp³-hybridized carbons (Fsp3) is 0.0625.